The summed E-state index contributed by atoms with van der Waals surface area (Å²) < 4.78 is 4.49. The van der Waals surface area contributed by atoms with Crippen molar-refractivity contribution in [2.24, 2.45) is 0 Å². The molecule has 0 aromatic carbocycles. The van der Waals surface area contributed by atoms with E-state index in [2.05, 4.69) is 20.3 Å². The SMILES string of the molecule is COC(=O)c1ccc(NCCC(C)O)nn1. The average molecular weight is 225 g/mol. The number of carbonyl (C=O) groups is 1. The number of hydrogen-bond donors (Lipinski definition) is 2. The van der Waals surface area contributed by atoms with Gasteiger partial charge in [0.2, 0.25) is 0 Å². The third-order valence-electron chi connectivity index (χ3n) is 1.93. The van der Waals surface area contributed by atoms with Gasteiger partial charge in [0.05, 0.1) is 13.2 Å². The van der Waals surface area contributed by atoms with Crippen LogP contribution < -0.4 is 5.32 Å². The van der Waals surface area contributed by atoms with Crippen LogP contribution in [0, 0.1) is 0 Å². The Kier molecular flexibility index (Phi) is 4.65. The molecule has 6 nitrogen and oxygen atoms in total. The molecule has 1 unspecified atom stereocenters. The highest BCUT2D eigenvalue weighted by atomic mass is 16.5. The molecule has 1 rings (SSSR count). The van der Waals surface area contributed by atoms with Crippen LogP contribution in [0.1, 0.15) is 23.8 Å². The monoisotopic (exact) mass is 225 g/mol. The standard InChI is InChI=1S/C10H15N3O3/c1-7(14)5-6-11-9-4-3-8(12-13-9)10(15)16-2/h3-4,7,14H,5-6H2,1-2H3,(H,11,13). The van der Waals surface area contributed by atoms with Gasteiger partial charge in [-0.2, -0.15) is 0 Å². The smallest absolute Gasteiger partial charge is 0.358 e. The summed E-state index contributed by atoms with van der Waals surface area (Å²) in [5, 5.41) is 19.5. The molecule has 0 amide bonds. The van der Waals surface area contributed by atoms with E-state index in [0.29, 0.717) is 18.8 Å². The Morgan fingerprint density at radius 2 is 2.31 bits per heavy atom. The summed E-state index contributed by atoms with van der Waals surface area (Å²) >= 11 is 0. The highest BCUT2D eigenvalue weighted by molar-refractivity contribution is 5.86. The molecule has 16 heavy (non-hydrogen) atoms. The van der Waals surface area contributed by atoms with Gasteiger partial charge in [0.15, 0.2) is 5.69 Å². The molecule has 1 atom stereocenters. The number of hydrogen-bond acceptors (Lipinski definition) is 6. The van der Waals surface area contributed by atoms with Crippen LogP contribution in [0.25, 0.3) is 0 Å². The van der Waals surface area contributed by atoms with E-state index in [9.17, 15) is 4.79 Å². The zero-order valence-electron chi connectivity index (χ0n) is 9.30. The van der Waals surface area contributed by atoms with Crippen molar-refractivity contribution >= 4 is 11.8 Å². The van der Waals surface area contributed by atoms with Crippen LogP contribution in [0.4, 0.5) is 5.82 Å². The molecule has 1 aromatic heterocycles. The lowest BCUT2D eigenvalue weighted by atomic mass is 10.3. The molecule has 6 heteroatoms. The molecule has 0 bridgehead atoms. The third-order valence-corrected chi connectivity index (χ3v) is 1.93. The maximum Gasteiger partial charge on any atom is 0.358 e. The van der Waals surface area contributed by atoms with Crippen LogP contribution >= 0.6 is 0 Å². The molecule has 0 fully saturated rings. The Balaban J connectivity index is 2.48. The minimum Gasteiger partial charge on any atom is -0.464 e. The van der Waals surface area contributed by atoms with E-state index >= 15 is 0 Å². The summed E-state index contributed by atoms with van der Waals surface area (Å²) in [6.07, 6.45) is 0.273. The molecule has 0 spiro atoms. The zero-order chi connectivity index (χ0) is 12.0. The molecule has 0 aliphatic heterocycles. The van der Waals surface area contributed by atoms with Crippen LogP contribution in [0.2, 0.25) is 0 Å². The minimum atomic E-state index is -0.511. The zero-order valence-corrected chi connectivity index (χ0v) is 9.30. The van der Waals surface area contributed by atoms with Crippen LogP contribution in [-0.4, -0.2) is 41.0 Å². The number of anilines is 1. The molecule has 0 radical (unpaired) electrons. The first-order valence-corrected chi connectivity index (χ1v) is 4.97. The molecule has 0 saturated heterocycles. The summed E-state index contributed by atoms with van der Waals surface area (Å²) in [6, 6.07) is 3.17. The van der Waals surface area contributed by atoms with Crippen molar-refractivity contribution in [3.05, 3.63) is 17.8 Å². The van der Waals surface area contributed by atoms with Gasteiger partial charge in [-0.15, -0.1) is 10.2 Å². The van der Waals surface area contributed by atoms with Crippen molar-refractivity contribution in [1.82, 2.24) is 10.2 Å². The molecule has 1 aromatic rings. The van der Waals surface area contributed by atoms with E-state index in [0.717, 1.165) is 0 Å². The van der Waals surface area contributed by atoms with Gasteiger partial charge < -0.3 is 15.2 Å². The topological polar surface area (TPSA) is 84.3 Å². The largest absolute Gasteiger partial charge is 0.464 e. The van der Waals surface area contributed by atoms with E-state index in [1.807, 2.05) is 0 Å². The van der Waals surface area contributed by atoms with Crippen molar-refractivity contribution in [1.29, 1.82) is 0 Å². The predicted molar refractivity (Wildman–Crippen MR) is 58.2 cm³/mol. The molecule has 0 saturated carbocycles. The van der Waals surface area contributed by atoms with Crippen LogP contribution in [-0.2, 0) is 4.74 Å². The number of nitrogens with one attached hydrogen (secondary N) is 1. The summed E-state index contributed by atoms with van der Waals surface area (Å²) in [4.78, 5) is 11.0. The second kappa shape index (κ2) is 6.02. The average Bonchev–Trinajstić information content (AvgIpc) is 2.28. The minimum absolute atomic E-state index is 0.170. The summed E-state index contributed by atoms with van der Waals surface area (Å²) in [7, 11) is 1.29. The van der Waals surface area contributed by atoms with Crippen LogP contribution in [0.3, 0.4) is 0 Å². The Hall–Kier alpha value is -1.69. The van der Waals surface area contributed by atoms with Gasteiger partial charge >= 0.3 is 5.97 Å². The maximum atomic E-state index is 11.0. The Labute approximate surface area is 93.6 Å². The van der Waals surface area contributed by atoms with Gasteiger partial charge in [-0.05, 0) is 25.5 Å². The highest BCUT2D eigenvalue weighted by Gasteiger charge is 2.07. The van der Waals surface area contributed by atoms with Gasteiger partial charge in [-0.25, -0.2) is 4.79 Å². The van der Waals surface area contributed by atoms with Crippen molar-refractivity contribution in [3.8, 4) is 0 Å². The molecule has 0 aliphatic rings. The first kappa shape index (κ1) is 12.4. The van der Waals surface area contributed by atoms with Crippen molar-refractivity contribution in [3.63, 3.8) is 0 Å². The highest BCUT2D eigenvalue weighted by Crippen LogP contribution is 2.03. The summed E-state index contributed by atoms with van der Waals surface area (Å²) in [5.41, 5.74) is 0.170. The van der Waals surface area contributed by atoms with E-state index in [4.69, 9.17) is 5.11 Å². The van der Waals surface area contributed by atoms with Gasteiger partial charge in [-0.3, -0.25) is 0 Å². The predicted octanol–water partition coefficient (Wildman–Crippen LogP) is 0.446. The molecule has 2 N–H and O–H groups in total. The number of esters is 1. The lowest BCUT2D eigenvalue weighted by Gasteiger charge is -2.06. The van der Waals surface area contributed by atoms with Crippen LogP contribution in [0.5, 0.6) is 0 Å². The fourth-order valence-electron chi connectivity index (χ4n) is 1.05. The quantitative estimate of drug-likeness (QED) is 0.708. The fourth-order valence-corrected chi connectivity index (χ4v) is 1.05. The molecule has 1 heterocycles. The number of aromatic nitrogens is 2. The number of aliphatic hydroxyl groups is 1. The van der Waals surface area contributed by atoms with E-state index in [1.165, 1.54) is 13.2 Å². The van der Waals surface area contributed by atoms with E-state index < -0.39 is 5.97 Å². The third kappa shape index (κ3) is 3.82. The normalized spacial score (nSPS) is 11.9. The first-order chi connectivity index (χ1) is 7.63. The first-order valence-electron chi connectivity index (χ1n) is 4.97. The molecular weight excluding hydrogens is 210 g/mol. The Bertz CT molecular complexity index is 338. The number of nitrogens with zero attached hydrogens (tertiary/aromatic N) is 2. The Morgan fingerprint density at radius 3 is 2.81 bits per heavy atom. The van der Waals surface area contributed by atoms with Crippen molar-refractivity contribution in [2.75, 3.05) is 19.0 Å². The van der Waals surface area contributed by atoms with E-state index in [-0.39, 0.29) is 11.8 Å². The number of rotatable bonds is 5. The number of aliphatic hydroxyl groups excluding tert-OH is 1. The second-order valence-electron chi connectivity index (χ2n) is 3.36. The maximum absolute atomic E-state index is 11.0. The van der Waals surface area contributed by atoms with Gasteiger partial charge in [0.1, 0.15) is 5.82 Å². The summed E-state index contributed by atoms with van der Waals surface area (Å²) in [5.74, 6) is 0.0522. The van der Waals surface area contributed by atoms with Crippen LogP contribution in [0.15, 0.2) is 12.1 Å². The molecule has 0 aliphatic carbocycles. The van der Waals surface area contributed by atoms with Crippen molar-refractivity contribution < 1.29 is 14.6 Å². The van der Waals surface area contributed by atoms with Gasteiger partial charge in [-0.1, -0.05) is 0 Å². The second-order valence-corrected chi connectivity index (χ2v) is 3.36. The number of methoxy groups -OCH3 is 1. The number of carbonyl (C=O) groups excluding carboxylic acids is 1. The van der Waals surface area contributed by atoms with E-state index in [1.54, 1.807) is 13.0 Å². The lowest BCUT2D eigenvalue weighted by molar-refractivity contribution is 0.0593. The molecule has 88 valence electrons. The number of ether oxygens (including phenoxy) is 1. The van der Waals surface area contributed by atoms with Crippen molar-refractivity contribution in [2.45, 2.75) is 19.4 Å². The van der Waals surface area contributed by atoms with Gasteiger partial charge in [0.25, 0.3) is 0 Å². The Morgan fingerprint density at radius 1 is 1.56 bits per heavy atom. The fraction of sp³-hybridized carbons (Fsp3) is 0.500. The lowest BCUT2D eigenvalue weighted by Crippen LogP contribution is -2.12. The van der Waals surface area contributed by atoms with Gasteiger partial charge in [0, 0.05) is 6.54 Å². The molecular formula is C10H15N3O3. The summed E-state index contributed by atoms with van der Waals surface area (Å²) in [6.45, 7) is 2.32.